The molecular weight excluding hydrogens is 400 g/mol. The third-order valence-electron chi connectivity index (χ3n) is 7.31. The lowest BCUT2D eigenvalue weighted by atomic mass is 9.79. The summed E-state index contributed by atoms with van der Waals surface area (Å²) in [6, 6.07) is 10.1. The molecule has 1 aliphatic rings. The van der Waals surface area contributed by atoms with E-state index >= 15 is 0 Å². The van der Waals surface area contributed by atoms with Gasteiger partial charge in [-0.2, -0.15) is 0 Å². The van der Waals surface area contributed by atoms with E-state index in [1.807, 2.05) is 24.3 Å². The molecule has 1 saturated heterocycles. The number of carbonyl (C=O) groups excluding carboxylic acids is 1. The molecule has 2 rings (SSSR count). The standard InChI is InChI=1S/C26H44N2O2Si/c1-11-26(7,8)23-24(29)28(17-20-15-13-12-14-16-20)21(22(27-23)19(2)3)18-30-31(9,10)25(4,5)6/h11-16,19,21-23,27H,1,17-18H2,2-10H3/t21-,22-,23+/m1/s1. The van der Waals surface area contributed by atoms with E-state index in [2.05, 4.69) is 90.5 Å². The fourth-order valence-electron chi connectivity index (χ4n) is 3.86. The summed E-state index contributed by atoms with van der Waals surface area (Å²) < 4.78 is 6.66. The van der Waals surface area contributed by atoms with Crippen molar-refractivity contribution in [3.8, 4) is 0 Å². The Morgan fingerprint density at radius 2 is 1.74 bits per heavy atom. The van der Waals surface area contributed by atoms with Gasteiger partial charge in [0.15, 0.2) is 8.32 Å². The van der Waals surface area contributed by atoms with Gasteiger partial charge in [0.05, 0.1) is 18.7 Å². The van der Waals surface area contributed by atoms with Gasteiger partial charge in [-0.1, -0.05) is 84.9 Å². The Morgan fingerprint density at radius 1 is 1.16 bits per heavy atom. The van der Waals surface area contributed by atoms with Gasteiger partial charge in [-0.05, 0) is 29.6 Å². The molecule has 1 aromatic rings. The third kappa shape index (κ3) is 5.88. The molecule has 0 aromatic heterocycles. The number of carbonyl (C=O) groups is 1. The van der Waals surface area contributed by atoms with Crippen LogP contribution in [0.5, 0.6) is 0 Å². The van der Waals surface area contributed by atoms with Gasteiger partial charge in [0, 0.05) is 18.0 Å². The molecule has 174 valence electrons. The first-order chi connectivity index (χ1) is 14.2. The summed E-state index contributed by atoms with van der Waals surface area (Å²) in [7, 11) is -1.94. The molecule has 1 aliphatic heterocycles. The van der Waals surface area contributed by atoms with Crippen LogP contribution < -0.4 is 5.32 Å². The highest BCUT2D eigenvalue weighted by Gasteiger charge is 2.48. The van der Waals surface area contributed by atoms with Gasteiger partial charge in [0.25, 0.3) is 0 Å². The Balaban J connectivity index is 2.43. The first-order valence-corrected chi connectivity index (χ1v) is 14.5. The molecule has 31 heavy (non-hydrogen) atoms. The second kappa shape index (κ2) is 9.59. The van der Waals surface area contributed by atoms with Crippen molar-refractivity contribution in [3.63, 3.8) is 0 Å². The largest absolute Gasteiger partial charge is 0.415 e. The molecule has 3 atom stereocenters. The summed E-state index contributed by atoms with van der Waals surface area (Å²) in [5, 5.41) is 3.84. The molecule has 1 heterocycles. The molecule has 0 radical (unpaired) electrons. The minimum absolute atomic E-state index is 0.0151. The van der Waals surface area contributed by atoms with E-state index in [0.717, 1.165) is 5.56 Å². The highest BCUT2D eigenvalue weighted by Crippen LogP contribution is 2.38. The Labute approximate surface area is 191 Å². The van der Waals surface area contributed by atoms with Crippen LogP contribution in [-0.4, -0.2) is 43.9 Å². The highest BCUT2D eigenvalue weighted by molar-refractivity contribution is 6.74. The predicted octanol–water partition coefficient (Wildman–Crippen LogP) is 5.61. The van der Waals surface area contributed by atoms with Crippen molar-refractivity contribution in [2.24, 2.45) is 11.3 Å². The first-order valence-electron chi connectivity index (χ1n) is 11.6. The van der Waals surface area contributed by atoms with E-state index < -0.39 is 8.32 Å². The van der Waals surface area contributed by atoms with Crippen molar-refractivity contribution in [2.45, 2.75) is 91.3 Å². The maximum atomic E-state index is 13.8. The molecule has 4 nitrogen and oxygen atoms in total. The van der Waals surface area contributed by atoms with Crippen molar-refractivity contribution in [2.75, 3.05) is 6.61 Å². The molecule has 0 unspecified atom stereocenters. The molecule has 0 bridgehead atoms. The van der Waals surface area contributed by atoms with Crippen molar-refractivity contribution in [1.82, 2.24) is 10.2 Å². The molecule has 0 aliphatic carbocycles. The highest BCUT2D eigenvalue weighted by atomic mass is 28.4. The minimum Gasteiger partial charge on any atom is -0.415 e. The van der Waals surface area contributed by atoms with Gasteiger partial charge in [-0.25, -0.2) is 0 Å². The predicted molar refractivity (Wildman–Crippen MR) is 133 cm³/mol. The van der Waals surface area contributed by atoms with Gasteiger partial charge in [-0.3, -0.25) is 10.1 Å². The average molecular weight is 445 g/mol. The Morgan fingerprint density at radius 3 is 2.23 bits per heavy atom. The summed E-state index contributed by atoms with van der Waals surface area (Å²) in [4.78, 5) is 15.9. The number of nitrogens with one attached hydrogen (secondary N) is 1. The number of piperazine rings is 1. The average Bonchev–Trinajstić information content (AvgIpc) is 2.67. The molecule has 5 heteroatoms. The molecule has 1 amide bonds. The third-order valence-corrected chi connectivity index (χ3v) is 11.8. The fourth-order valence-corrected chi connectivity index (χ4v) is 4.89. The Hall–Kier alpha value is -1.43. The maximum absolute atomic E-state index is 13.8. The van der Waals surface area contributed by atoms with E-state index in [9.17, 15) is 4.79 Å². The number of amides is 1. The van der Waals surface area contributed by atoms with Crippen LogP contribution in [0.1, 0.15) is 54.0 Å². The van der Waals surface area contributed by atoms with Crippen LogP contribution in [0.15, 0.2) is 43.0 Å². The molecular formula is C26H44N2O2Si. The first kappa shape index (κ1) is 25.8. The van der Waals surface area contributed by atoms with E-state index in [-0.39, 0.29) is 34.5 Å². The van der Waals surface area contributed by atoms with Crippen molar-refractivity contribution in [1.29, 1.82) is 0 Å². The van der Waals surface area contributed by atoms with Crippen LogP contribution in [0.3, 0.4) is 0 Å². The summed E-state index contributed by atoms with van der Waals surface area (Å²) in [5.74, 6) is 0.497. The van der Waals surface area contributed by atoms with Crippen LogP contribution >= 0.6 is 0 Å². The monoisotopic (exact) mass is 444 g/mol. The SMILES string of the molecule is C=CC(C)(C)[C@H]1N[C@H](C(C)C)[C@@H](CO[Si](C)(C)C(C)(C)C)N(Cc2ccccc2)C1=O. The fraction of sp³-hybridized carbons (Fsp3) is 0.654. The zero-order valence-electron chi connectivity index (χ0n) is 21.2. The van der Waals surface area contributed by atoms with E-state index in [4.69, 9.17) is 4.43 Å². The van der Waals surface area contributed by atoms with E-state index in [1.54, 1.807) is 0 Å². The lowest BCUT2D eigenvalue weighted by molar-refractivity contribution is -0.147. The van der Waals surface area contributed by atoms with Crippen molar-refractivity contribution < 1.29 is 9.22 Å². The van der Waals surface area contributed by atoms with Crippen LogP contribution in [0.25, 0.3) is 0 Å². The number of benzene rings is 1. The molecule has 0 spiro atoms. The zero-order chi connectivity index (χ0) is 23.6. The van der Waals surface area contributed by atoms with Gasteiger partial charge in [0.1, 0.15) is 0 Å². The number of rotatable bonds is 8. The van der Waals surface area contributed by atoms with E-state index in [1.165, 1.54) is 0 Å². The molecule has 1 fully saturated rings. The van der Waals surface area contributed by atoms with Crippen molar-refractivity contribution >= 4 is 14.2 Å². The number of hydrogen-bond acceptors (Lipinski definition) is 3. The second-order valence-corrected chi connectivity index (χ2v) is 16.3. The number of nitrogens with zero attached hydrogens (tertiary/aromatic N) is 1. The van der Waals surface area contributed by atoms with E-state index in [0.29, 0.717) is 19.1 Å². The summed E-state index contributed by atoms with van der Waals surface area (Å²) in [5.41, 5.74) is 0.803. The van der Waals surface area contributed by atoms with Crippen LogP contribution in [0.4, 0.5) is 0 Å². The maximum Gasteiger partial charge on any atom is 0.241 e. The smallest absolute Gasteiger partial charge is 0.241 e. The Kier molecular flexibility index (Phi) is 7.99. The molecule has 0 saturated carbocycles. The Bertz CT molecular complexity index is 752. The lowest BCUT2D eigenvalue weighted by Crippen LogP contribution is -2.70. The van der Waals surface area contributed by atoms with Crippen LogP contribution in [0.2, 0.25) is 18.1 Å². The summed E-state index contributed by atoms with van der Waals surface area (Å²) in [6.07, 6.45) is 1.90. The van der Waals surface area contributed by atoms with Crippen LogP contribution in [-0.2, 0) is 15.8 Å². The number of hydrogen-bond donors (Lipinski definition) is 1. The van der Waals surface area contributed by atoms with Gasteiger partial charge >= 0.3 is 0 Å². The van der Waals surface area contributed by atoms with Gasteiger partial charge in [0.2, 0.25) is 5.91 Å². The van der Waals surface area contributed by atoms with Gasteiger partial charge < -0.3 is 9.33 Å². The zero-order valence-corrected chi connectivity index (χ0v) is 22.2. The molecule has 1 N–H and O–H groups in total. The summed E-state index contributed by atoms with van der Waals surface area (Å²) in [6.45, 7) is 25.1. The molecule has 1 aromatic carbocycles. The summed E-state index contributed by atoms with van der Waals surface area (Å²) >= 11 is 0. The van der Waals surface area contributed by atoms with Crippen molar-refractivity contribution in [3.05, 3.63) is 48.6 Å². The minimum atomic E-state index is -1.94. The van der Waals surface area contributed by atoms with Gasteiger partial charge in [-0.15, -0.1) is 6.58 Å². The second-order valence-electron chi connectivity index (χ2n) is 11.5. The van der Waals surface area contributed by atoms with Crippen LogP contribution in [0, 0.1) is 11.3 Å². The normalized spacial score (nSPS) is 23.4. The quantitative estimate of drug-likeness (QED) is 0.418. The lowest BCUT2D eigenvalue weighted by Gasteiger charge is -2.51. The topological polar surface area (TPSA) is 41.6 Å².